The maximum Gasteiger partial charge on any atom is 0.228 e. The summed E-state index contributed by atoms with van der Waals surface area (Å²) in [5.41, 5.74) is 3.22. The molecule has 0 spiro atoms. The van der Waals surface area contributed by atoms with Gasteiger partial charge >= 0.3 is 0 Å². The van der Waals surface area contributed by atoms with Gasteiger partial charge in [0.2, 0.25) is 5.91 Å². The van der Waals surface area contributed by atoms with Gasteiger partial charge in [-0.2, -0.15) is 5.26 Å². The van der Waals surface area contributed by atoms with Crippen LogP contribution < -0.4 is 5.32 Å². The molecule has 3 heterocycles. The predicted octanol–water partition coefficient (Wildman–Crippen LogP) is 2.91. The fraction of sp³-hybridized carbons (Fsp3) is 0.421. The fourth-order valence-corrected chi connectivity index (χ4v) is 3.31. The normalized spacial score (nSPS) is 18.0. The number of amides is 1. The molecule has 2 aliphatic rings. The zero-order valence-electron chi connectivity index (χ0n) is 14.1. The van der Waals surface area contributed by atoms with E-state index in [4.69, 9.17) is 5.26 Å². The maximum absolute atomic E-state index is 12.1. The number of carbonyl (C=O) groups is 1. The summed E-state index contributed by atoms with van der Waals surface area (Å²) in [6.45, 7) is 2.62. The van der Waals surface area contributed by atoms with Crippen molar-refractivity contribution >= 4 is 28.3 Å². The van der Waals surface area contributed by atoms with Gasteiger partial charge in [0.25, 0.3) is 0 Å². The molecular weight excluding hydrogens is 314 g/mol. The van der Waals surface area contributed by atoms with Crippen LogP contribution in [-0.2, 0) is 4.79 Å². The van der Waals surface area contributed by atoms with Crippen molar-refractivity contribution in [3.8, 4) is 6.07 Å². The van der Waals surface area contributed by atoms with E-state index in [0.29, 0.717) is 12.2 Å². The molecule has 2 N–H and O–H groups in total. The zero-order valence-corrected chi connectivity index (χ0v) is 14.1. The van der Waals surface area contributed by atoms with Crippen LogP contribution in [0.4, 0.5) is 5.82 Å². The molecule has 1 aliphatic carbocycles. The standard InChI is InChI=1S/C19H21N5O/c20-7-1-9-24-10-5-13(6-11-24)16-12-17(23-19(25)14-2-3-14)22-18-15(16)4-8-21-18/h4-5,8,12,14H,1-3,6,9-11H2,(H2,21,22,23,25). The average molecular weight is 335 g/mol. The first kappa shape index (κ1) is 15.9. The zero-order chi connectivity index (χ0) is 17.2. The molecular formula is C19H21N5O. The molecule has 4 rings (SSSR count). The highest BCUT2D eigenvalue weighted by atomic mass is 16.2. The minimum absolute atomic E-state index is 0.0738. The molecule has 6 heteroatoms. The van der Waals surface area contributed by atoms with Crippen molar-refractivity contribution in [2.75, 3.05) is 25.0 Å². The lowest BCUT2D eigenvalue weighted by molar-refractivity contribution is -0.117. The van der Waals surface area contributed by atoms with Crippen LogP contribution in [0.25, 0.3) is 16.6 Å². The molecule has 0 bridgehead atoms. The van der Waals surface area contributed by atoms with Crippen molar-refractivity contribution in [2.45, 2.75) is 25.7 Å². The van der Waals surface area contributed by atoms with Gasteiger partial charge in [0, 0.05) is 43.6 Å². The van der Waals surface area contributed by atoms with Gasteiger partial charge in [-0.05, 0) is 42.5 Å². The number of H-pyrrole nitrogens is 1. The van der Waals surface area contributed by atoms with Crippen LogP contribution in [-0.4, -0.2) is 40.4 Å². The van der Waals surface area contributed by atoms with Gasteiger partial charge in [-0.3, -0.25) is 9.69 Å². The second kappa shape index (κ2) is 6.69. The van der Waals surface area contributed by atoms with E-state index in [2.05, 4.69) is 32.3 Å². The van der Waals surface area contributed by atoms with E-state index in [1.807, 2.05) is 18.3 Å². The molecule has 2 aromatic heterocycles. The lowest BCUT2D eigenvalue weighted by Crippen LogP contribution is -2.29. The summed E-state index contributed by atoms with van der Waals surface area (Å²) in [6, 6.07) is 6.23. The highest BCUT2D eigenvalue weighted by Crippen LogP contribution is 2.32. The van der Waals surface area contributed by atoms with E-state index in [0.717, 1.165) is 55.5 Å². The third-order valence-electron chi connectivity index (χ3n) is 4.91. The van der Waals surface area contributed by atoms with Gasteiger partial charge in [0.15, 0.2) is 0 Å². The summed E-state index contributed by atoms with van der Waals surface area (Å²) in [6.07, 6.45) is 7.58. The number of hydrogen-bond donors (Lipinski definition) is 2. The highest BCUT2D eigenvalue weighted by Gasteiger charge is 2.30. The van der Waals surface area contributed by atoms with Crippen molar-refractivity contribution in [1.82, 2.24) is 14.9 Å². The molecule has 0 saturated heterocycles. The van der Waals surface area contributed by atoms with Crippen molar-refractivity contribution < 1.29 is 4.79 Å². The first-order chi connectivity index (χ1) is 12.2. The summed E-state index contributed by atoms with van der Waals surface area (Å²) < 4.78 is 0. The number of pyridine rings is 1. The van der Waals surface area contributed by atoms with Crippen LogP contribution in [0.5, 0.6) is 0 Å². The molecule has 6 nitrogen and oxygen atoms in total. The first-order valence-electron chi connectivity index (χ1n) is 8.82. The van der Waals surface area contributed by atoms with Gasteiger partial charge in [0.1, 0.15) is 11.5 Å². The summed E-state index contributed by atoms with van der Waals surface area (Å²) in [5, 5.41) is 12.8. The lowest BCUT2D eigenvalue weighted by Gasteiger charge is -2.26. The van der Waals surface area contributed by atoms with Gasteiger partial charge < -0.3 is 10.3 Å². The van der Waals surface area contributed by atoms with Gasteiger partial charge in [-0.1, -0.05) is 6.08 Å². The Kier molecular flexibility index (Phi) is 4.24. The van der Waals surface area contributed by atoms with E-state index in [9.17, 15) is 4.79 Å². The first-order valence-corrected chi connectivity index (χ1v) is 8.82. The molecule has 25 heavy (non-hydrogen) atoms. The monoisotopic (exact) mass is 335 g/mol. The molecule has 0 aromatic carbocycles. The van der Waals surface area contributed by atoms with E-state index in [-0.39, 0.29) is 11.8 Å². The fourth-order valence-electron chi connectivity index (χ4n) is 3.31. The second-order valence-corrected chi connectivity index (χ2v) is 6.75. The Bertz CT molecular complexity index is 872. The number of nitriles is 1. The minimum Gasteiger partial charge on any atom is -0.346 e. The molecule has 2 aromatic rings. The molecule has 1 aliphatic heterocycles. The number of anilines is 1. The minimum atomic E-state index is 0.0738. The Morgan fingerprint density at radius 2 is 2.36 bits per heavy atom. The number of nitrogens with one attached hydrogen (secondary N) is 2. The van der Waals surface area contributed by atoms with Crippen LogP contribution in [0.15, 0.2) is 24.4 Å². The van der Waals surface area contributed by atoms with Gasteiger partial charge in [-0.25, -0.2) is 4.98 Å². The van der Waals surface area contributed by atoms with Crippen molar-refractivity contribution in [3.63, 3.8) is 0 Å². The van der Waals surface area contributed by atoms with E-state index < -0.39 is 0 Å². The Labute approximate surface area is 146 Å². The number of hydrogen-bond acceptors (Lipinski definition) is 4. The third kappa shape index (κ3) is 3.42. The number of aromatic amines is 1. The Morgan fingerprint density at radius 1 is 1.48 bits per heavy atom. The van der Waals surface area contributed by atoms with Crippen LogP contribution in [0, 0.1) is 17.2 Å². The topological polar surface area (TPSA) is 84.8 Å². The lowest BCUT2D eigenvalue weighted by atomic mass is 9.97. The van der Waals surface area contributed by atoms with E-state index in [1.54, 1.807) is 0 Å². The smallest absolute Gasteiger partial charge is 0.228 e. The Morgan fingerprint density at radius 3 is 3.08 bits per heavy atom. The van der Waals surface area contributed by atoms with Crippen LogP contribution in [0.3, 0.4) is 0 Å². The van der Waals surface area contributed by atoms with Crippen molar-refractivity contribution in [1.29, 1.82) is 5.26 Å². The van der Waals surface area contributed by atoms with Crippen molar-refractivity contribution in [3.05, 3.63) is 30.0 Å². The summed E-state index contributed by atoms with van der Waals surface area (Å²) in [7, 11) is 0. The summed E-state index contributed by atoms with van der Waals surface area (Å²) >= 11 is 0. The SMILES string of the molecule is N#CCCN1CC=C(c2cc(NC(=O)C3CC3)nc3[nH]ccc23)CC1. The van der Waals surface area contributed by atoms with Gasteiger partial charge in [0.05, 0.1) is 6.07 Å². The molecule has 1 fully saturated rings. The van der Waals surface area contributed by atoms with Crippen molar-refractivity contribution in [2.24, 2.45) is 5.92 Å². The Balaban J connectivity index is 1.60. The molecule has 0 unspecified atom stereocenters. The third-order valence-corrected chi connectivity index (χ3v) is 4.91. The summed E-state index contributed by atoms with van der Waals surface area (Å²) in [5.74, 6) is 0.853. The average Bonchev–Trinajstić information content (AvgIpc) is 3.38. The number of rotatable bonds is 5. The quantitative estimate of drug-likeness (QED) is 0.880. The number of aromatic nitrogens is 2. The predicted molar refractivity (Wildman–Crippen MR) is 96.7 cm³/mol. The second-order valence-electron chi connectivity index (χ2n) is 6.75. The molecule has 1 saturated carbocycles. The number of fused-ring (bicyclic) bond motifs is 1. The van der Waals surface area contributed by atoms with E-state index >= 15 is 0 Å². The molecule has 128 valence electrons. The maximum atomic E-state index is 12.1. The Hall–Kier alpha value is -2.65. The van der Waals surface area contributed by atoms with Gasteiger partial charge in [-0.15, -0.1) is 0 Å². The van der Waals surface area contributed by atoms with Crippen LogP contribution in [0.2, 0.25) is 0 Å². The number of nitrogens with zero attached hydrogens (tertiary/aromatic N) is 3. The van der Waals surface area contributed by atoms with Crippen LogP contribution >= 0.6 is 0 Å². The summed E-state index contributed by atoms with van der Waals surface area (Å²) in [4.78, 5) is 22.1. The molecule has 0 radical (unpaired) electrons. The van der Waals surface area contributed by atoms with E-state index in [1.165, 1.54) is 5.57 Å². The highest BCUT2D eigenvalue weighted by molar-refractivity contribution is 5.97. The van der Waals surface area contributed by atoms with Crippen LogP contribution in [0.1, 0.15) is 31.2 Å². The molecule has 0 atom stereocenters. The molecule has 1 amide bonds. The number of carbonyl (C=O) groups excluding carboxylic acids is 1. The largest absolute Gasteiger partial charge is 0.346 e.